The number of rotatable bonds is 7. The number of thiophene rings is 1. The molecule has 3 aromatic rings. The van der Waals surface area contributed by atoms with Crippen LogP contribution >= 0.6 is 11.3 Å². The number of benzene rings is 1. The van der Waals surface area contributed by atoms with Crippen molar-refractivity contribution in [2.45, 2.75) is 23.6 Å². The minimum atomic E-state index is -3.76. The zero-order valence-corrected chi connectivity index (χ0v) is 17.9. The van der Waals surface area contributed by atoms with Gasteiger partial charge >= 0.3 is 11.8 Å². The normalized spacial score (nSPS) is 12.2. The second-order valence-corrected chi connectivity index (χ2v) is 9.73. The summed E-state index contributed by atoms with van der Waals surface area (Å²) in [4.78, 5) is 29.0. The van der Waals surface area contributed by atoms with E-state index in [1.165, 1.54) is 11.3 Å². The van der Waals surface area contributed by atoms with Gasteiger partial charge in [-0.05, 0) is 42.1 Å². The smallest absolute Gasteiger partial charge is 0.309 e. The summed E-state index contributed by atoms with van der Waals surface area (Å²) in [5.41, 5.74) is 1.69. The summed E-state index contributed by atoms with van der Waals surface area (Å²) < 4.78 is 26.4. The lowest BCUT2D eigenvalue weighted by molar-refractivity contribution is -0.139. The first-order valence-electron chi connectivity index (χ1n) is 9.17. The van der Waals surface area contributed by atoms with E-state index in [0.29, 0.717) is 4.88 Å². The Morgan fingerprint density at radius 2 is 1.77 bits per heavy atom. The minimum Gasteiger partial charge on any atom is -0.346 e. The molecule has 1 atom stereocenters. The van der Waals surface area contributed by atoms with Gasteiger partial charge < -0.3 is 10.6 Å². The van der Waals surface area contributed by atoms with Crippen LogP contribution in [0.5, 0.6) is 0 Å². The van der Waals surface area contributed by atoms with Crippen molar-refractivity contribution in [3.05, 3.63) is 82.3 Å². The fraction of sp³-hybridized carbons (Fsp3) is 0.190. The second kappa shape index (κ2) is 9.64. The van der Waals surface area contributed by atoms with Crippen LogP contribution in [-0.2, 0) is 26.0 Å². The van der Waals surface area contributed by atoms with E-state index in [2.05, 4.69) is 15.6 Å². The van der Waals surface area contributed by atoms with Crippen molar-refractivity contribution >= 4 is 33.0 Å². The van der Waals surface area contributed by atoms with Gasteiger partial charge in [-0.1, -0.05) is 29.8 Å². The molecule has 2 N–H and O–H groups in total. The van der Waals surface area contributed by atoms with Crippen molar-refractivity contribution in [2.24, 2.45) is 0 Å². The standard InChI is InChI=1S/C21H21N3O4S2/c1-15-6-8-17(9-7-15)30(27,28)19(18-5-3-11-29-18)14-24-21(26)20(25)23-13-16-4-2-10-22-12-16/h2-12,19H,13-14H2,1H3,(H,23,25)(H,24,26)/t19-/m0/s1. The van der Waals surface area contributed by atoms with E-state index in [9.17, 15) is 18.0 Å². The molecule has 1 aromatic carbocycles. The van der Waals surface area contributed by atoms with Gasteiger partial charge in [-0.2, -0.15) is 0 Å². The number of aromatic nitrogens is 1. The lowest BCUT2D eigenvalue weighted by Crippen LogP contribution is -2.42. The lowest BCUT2D eigenvalue weighted by atomic mass is 10.2. The number of nitrogens with zero attached hydrogens (tertiary/aromatic N) is 1. The molecule has 0 aliphatic heterocycles. The van der Waals surface area contributed by atoms with Gasteiger partial charge in [0.05, 0.1) is 4.90 Å². The molecule has 7 nitrogen and oxygen atoms in total. The third kappa shape index (κ3) is 5.31. The highest BCUT2D eigenvalue weighted by molar-refractivity contribution is 7.91. The molecule has 2 aromatic heterocycles. The molecule has 9 heteroatoms. The highest BCUT2D eigenvalue weighted by Gasteiger charge is 2.31. The molecule has 156 valence electrons. The van der Waals surface area contributed by atoms with E-state index < -0.39 is 26.9 Å². The summed E-state index contributed by atoms with van der Waals surface area (Å²) in [6.45, 7) is 1.81. The largest absolute Gasteiger partial charge is 0.346 e. The third-order valence-electron chi connectivity index (χ3n) is 4.41. The molecule has 30 heavy (non-hydrogen) atoms. The zero-order chi connectivity index (χ0) is 21.6. The first-order chi connectivity index (χ1) is 14.4. The van der Waals surface area contributed by atoms with Crippen LogP contribution in [0.4, 0.5) is 0 Å². The monoisotopic (exact) mass is 443 g/mol. The van der Waals surface area contributed by atoms with Crippen LogP contribution in [0.2, 0.25) is 0 Å². The molecular formula is C21H21N3O4S2. The van der Waals surface area contributed by atoms with Gasteiger partial charge in [-0.25, -0.2) is 8.42 Å². The Labute approximate surface area is 179 Å². The van der Waals surface area contributed by atoms with Gasteiger partial charge in [-0.3, -0.25) is 14.6 Å². The van der Waals surface area contributed by atoms with E-state index >= 15 is 0 Å². The highest BCUT2D eigenvalue weighted by atomic mass is 32.2. The number of pyridine rings is 1. The van der Waals surface area contributed by atoms with Crippen molar-refractivity contribution in [1.82, 2.24) is 15.6 Å². The Morgan fingerprint density at radius 1 is 1.03 bits per heavy atom. The van der Waals surface area contributed by atoms with Crippen LogP contribution in [0.3, 0.4) is 0 Å². The van der Waals surface area contributed by atoms with Crippen molar-refractivity contribution in [1.29, 1.82) is 0 Å². The molecule has 0 saturated carbocycles. The molecule has 0 unspecified atom stereocenters. The quantitative estimate of drug-likeness (QED) is 0.546. The average Bonchev–Trinajstić information content (AvgIpc) is 3.27. The number of hydrogen-bond acceptors (Lipinski definition) is 6. The number of nitrogens with one attached hydrogen (secondary N) is 2. The van der Waals surface area contributed by atoms with Crippen LogP contribution in [0, 0.1) is 6.92 Å². The molecule has 0 spiro atoms. The van der Waals surface area contributed by atoms with Gasteiger partial charge in [0.2, 0.25) is 0 Å². The summed E-state index contributed by atoms with van der Waals surface area (Å²) in [5, 5.41) is 5.73. The fourth-order valence-corrected chi connectivity index (χ4v) is 5.55. The topological polar surface area (TPSA) is 105 Å². The SMILES string of the molecule is Cc1ccc(S(=O)(=O)[C@@H](CNC(=O)C(=O)NCc2cccnc2)c2cccs2)cc1. The molecule has 2 amide bonds. The Hall–Kier alpha value is -3.04. The Balaban J connectivity index is 1.69. The summed E-state index contributed by atoms with van der Waals surface area (Å²) in [6.07, 6.45) is 3.19. The van der Waals surface area contributed by atoms with Gasteiger partial charge in [-0.15, -0.1) is 11.3 Å². The molecule has 0 radical (unpaired) electrons. The molecule has 0 aliphatic rings. The van der Waals surface area contributed by atoms with Crippen molar-refractivity contribution < 1.29 is 18.0 Å². The average molecular weight is 444 g/mol. The molecule has 2 heterocycles. The minimum absolute atomic E-state index is 0.149. The van der Waals surface area contributed by atoms with Crippen LogP contribution in [0.1, 0.15) is 21.3 Å². The number of amides is 2. The van der Waals surface area contributed by atoms with E-state index in [4.69, 9.17) is 0 Å². The predicted molar refractivity (Wildman–Crippen MR) is 115 cm³/mol. The summed E-state index contributed by atoms with van der Waals surface area (Å²) in [5.74, 6) is -1.73. The predicted octanol–water partition coefficient (Wildman–Crippen LogP) is 2.40. The summed E-state index contributed by atoms with van der Waals surface area (Å²) in [6, 6.07) is 13.5. The fourth-order valence-electron chi connectivity index (χ4n) is 2.76. The van der Waals surface area contributed by atoms with Gasteiger partial charge in [0.15, 0.2) is 9.84 Å². The van der Waals surface area contributed by atoms with Gasteiger partial charge in [0.25, 0.3) is 0 Å². The number of sulfone groups is 1. The van der Waals surface area contributed by atoms with Crippen LogP contribution in [-0.4, -0.2) is 31.8 Å². The number of hydrogen-bond donors (Lipinski definition) is 2. The van der Waals surface area contributed by atoms with E-state index in [1.54, 1.807) is 66.3 Å². The zero-order valence-electron chi connectivity index (χ0n) is 16.2. The van der Waals surface area contributed by atoms with Crippen LogP contribution in [0.25, 0.3) is 0 Å². The maximum absolute atomic E-state index is 13.2. The molecular weight excluding hydrogens is 422 g/mol. The summed E-state index contributed by atoms with van der Waals surface area (Å²) >= 11 is 1.29. The highest BCUT2D eigenvalue weighted by Crippen LogP contribution is 2.31. The van der Waals surface area contributed by atoms with Gasteiger partial charge in [0.1, 0.15) is 5.25 Å². The van der Waals surface area contributed by atoms with Crippen LogP contribution < -0.4 is 10.6 Å². The molecule has 0 bridgehead atoms. The van der Waals surface area contributed by atoms with Crippen molar-refractivity contribution in [2.75, 3.05) is 6.54 Å². The van der Waals surface area contributed by atoms with Crippen molar-refractivity contribution in [3.8, 4) is 0 Å². The molecule has 0 saturated heterocycles. The lowest BCUT2D eigenvalue weighted by Gasteiger charge is -2.17. The molecule has 3 rings (SSSR count). The molecule has 0 aliphatic carbocycles. The third-order valence-corrected chi connectivity index (χ3v) is 7.65. The van der Waals surface area contributed by atoms with E-state index in [1.807, 2.05) is 6.92 Å². The first-order valence-corrected chi connectivity index (χ1v) is 11.6. The van der Waals surface area contributed by atoms with Crippen molar-refractivity contribution in [3.63, 3.8) is 0 Å². The summed E-state index contributed by atoms with van der Waals surface area (Å²) in [7, 11) is -3.76. The molecule has 0 fully saturated rings. The number of carbonyl (C=O) groups is 2. The van der Waals surface area contributed by atoms with Crippen LogP contribution in [0.15, 0.2) is 71.2 Å². The number of carbonyl (C=O) groups excluding carboxylic acids is 2. The second-order valence-electron chi connectivity index (χ2n) is 6.62. The van der Waals surface area contributed by atoms with E-state index in [-0.39, 0.29) is 18.0 Å². The van der Waals surface area contributed by atoms with Gasteiger partial charge in [0, 0.05) is 30.4 Å². The maximum atomic E-state index is 13.2. The first kappa shape index (κ1) is 21.7. The Morgan fingerprint density at radius 3 is 2.40 bits per heavy atom. The maximum Gasteiger partial charge on any atom is 0.309 e. The van der Waals surface area contributed by atoms with E-state index in [0.717, 1.165) is 11.1 Å². The number of aryl methyl sites for hydroxylation is 1. The Bertz CT molecular complexity index is 1100. The Kier molecular flexibility index (Phi) is 6.96.